The van der Waals surface area contributed by atoms with E-state index in [1.807, 2.05) is 0 Å². The van der Waals surface area contributed by atoms with Crippen molar-refractivity contribution in [3.63, 3.8) is 0 Å². The lowest BCUT2D eigenvalue weighted by molar-refractivity contribution is -0.112. The summed E-state index contributed by atoms with van der Waals surface area (Å²) < 4.78 is 26.5. The summed E-state index contributed by atoms with van der Waals surface area (Å²) in [6, 6.07) is 14.5. The van der Waals surface area contributed by atoms with Crippen LogP contribution in [0.25, 0.3) is 10.8 Å². The SMILES string of the molecule is N#C/C(=C/Nc1ccc(F)cc1F)C(=O)Nc1cccc2c(O)cccc12. The second kappa shape index (κ2) is 7.54. The van der Waals surface area contributed by atoms with Crippen molar-refractivity contribution in [3.05, 3.63) is 78.0 Å². The van der Waals surface area contributed by atoms with Gasteiger partial charge in [-0.15, -0.1) is 0 Å². The molecule has 0 spiro atoms. The van der Waals surface area contributed by atoms with Crippen molar-refractivity contribution in [1.29, 1.82) is 5.26 Å². The van der Waals surface area contributed by atoms with Crippen LogP contribution in [0.4, 0.5) is 20.2 Å². The topological polar surface area (TPSA) is 85.2 Å². The smallest absolute Gasteiger partial charge is 0.267 e. The van der Waals surface area contributed by atoms with Gasteiger partial charge in [-0.25, -0.2) is 8.78 Å². The van der Waals surface area contributed by atoms with Crippen LogP contribution in [0.1, 0.15) is 0 Å². The Morgan fingerprint density at radius 2 is 1.78 bits per heavy atom. The van der Waals surface area contributed by atoms with Gasteiger partial charge in [-0.3, -0.25) is 4.79 Å². The van der Waals surface area contributed by atoms with E-state index >= 15 is 0 Å². The molecule has 0 fully saturated rings. The van der Waals surface area contributed by atoms with E-state index in [1.165, 1.54) is 6.07 Å². The molecule has 0 aliphatic carbocycles. The summed E-state index contributed by atoms with van der Waals surface area (Å²) >= 11 is 0. The van der Waals surface area contributed by atoms with Crippen molar-refractivity contribution in [2.24, 2.45) is 0 Å². The quantitative estimate of drug-likeness (QED) is 0.476. The number of nitrogens with one attached hydrogen (secondary N) is 2. The second-order valence-electron chi connectivity index (χ2n) is 5.57. The van der Waals surface area contributed by atoms with Crippen molar-refractivity contribution < 1.29 is 18.7 Å². The minimum Gasteiger partial charge on any atom is -0.507 e. The first-order chi connectivity index (χ1) is 13.0. The number of amides is 1. The average Bonchev–Trinajstić information content (AvgIpc) is 2.64. The Hall–Kier alpha value is -3.92. The van der Waals surface area contributed by atoms with E-state index in [9.17, 15) is 23.9 Å². The van der Waals surface area contributed by atoms with Gasteiger partial charge in [0.25, 0.3) is 5.91 Å². The second-order valence-corrected chi connectivity index (χ2v) is 5.57. The number of carbonyl (C=O) groups excluding carboxylic acids is 1. The van der Waals surface area contributed by atoms with Gasteiger partial charge in [0.15, 0.2) is 0 Å². The summed E-state index contributed by atoms with van der Waals surface area (Å²) in [4.78, 5) is 12.4. The molecular formula is C20H13F2N3O2. The minimum atomic E-state index is -0.853. The Labute approximate surface area is 153 Å². The molecule has 0 radical (unpaired) electrons. The number of hydrogen-bond donors (Lipinski definition) is 3. The largest absolute Gasteiger partial charge is 0.507 e. The number of benzene rings is 3. The number of hydrogen-bond acceptors (Lipinski definition) is 4. The molecule has 1 amide bonds. The molecule has 0 heterocycles. The van der Waals surface area contributed by atoms with Crippen molar-refractivity contribution in [1.82, 2.24) is 0 Å². The molecule has 0 saturated carbocycles. The summed E-state index contributed by atoms with van der Waals surface area (Å²) in [5.41, 5.74) is 0.0189. The van der Waals surface area contributed by atoms with Crippen LogP contribution >= 0.6 is 0 Å². The lowest BCUT2D eigenvalue weighted by Gasteiger charge is -2.09. The zero-order chi connectivity index (χ0) is 19.4. The predicted octanol–water partition coefficient (Wildman–Crippen LogP) is 4.28. The lowest BCUT2D eigenvalue weighted by Crippen LogP contribution is -2.15. The maximum Gasteiger partial charge on any atom is 0.267 e. The van der Waals surface area contributed by atoms with E-state index in [0.29, 0.717) is 22.5 Å². The molecule has 27 heavy (non-hydrogen) atoms. The molecule has 3 aromatic rings. The van der Waals surface area contributed by atoms with Gasteiger partial charge in [-0.05, 0) is 24.3 Å². The van der Waals surface area contributed by atoms with E-state index in [1.54, 1.807) is 36.4 Å². The van der Waals surface area contributed by atoms with E-state index in [2.05, 4.69) is 10.6 Å². The predicted molar refractivity (Wildman–Crippen MR) is 97.9 cm³/mol. The number of nitriles is 1. The fraction of sp³-hybridized carbons (Fsp3) is 0. The van der Waals surface area contributed by atoms with Crippen LogP contribution in [0.2, 0.25) is 0 Å². The lowest BCUT2D eigenvalue weighted by atomic mass is 10.1. The van der Waals surface area contributed by atoms with Gasteiger partial charge in [0, 0.05) is 28.7 Å². The van der Waals surface area contributed by atoms with E-state index in [0.717, 1.165) is 18.3 Å². The Balaban J connectivity index is 1.84. The molecule has 0 aliphatic rings. The number of phenols is 1. The van der Waals surface area contributed by atoms with Crippen molar-refractivity contribution in [3.8, 4) is 11.8 Å². The van der Waals surface area contributed by atoms with Gasteiger partial charge < -0.3 is 15.7 Å². The fourth-order valence-corrected chi connectivity index (χ4v) is 2.50. The van der Waals surface area contributed by atoms with Gasteiger partial charge in [-0.2, -0.15) is 5.26 Å². The van der Waals surface area contributed by atoms with Gasteiger partial charge in [0.2, 0.25) is 0 Å². The normalized spacial score (nSPS) is 11.1. The zero-order valence-corrected chi connectivity index (χ0v) is 13.8. The third-order valence-electron chi connectivity index (χ3n) is 3.82. The molecular weight excluding hydrogens is 352 g/mol. The number of anilines is 2. The Morgan fingerprint density at radius 3 is 2.52 bits per heavy atom. The monoisotopic (exact) mass is 365 g/mol. The number of rotatable bonds is 4. The molecule has 0 saturated heterocycles. The molecule has 7 heteroatoms. The van der Waals surface area contributed by atoms with Gasteiger partial charge in [0.1, 0.15) is 29.0 Å². The number of halogens is 2. The van der Waals surface area contributed by atoms with Crippen LogP contribution in [-0.2, 0) is 4.79 Å². The molecule has 3 aromatic carbocycles. The van der Waals surface area contributed by atoms with Crippen LogP contribution in [0, 0.1) is 23.0 Å². The molecule has 3 rings (SSSR count). The highest BCUT2D eigenvalue weighted by Gasteiger charge is 2.12. The molecule has 0 unspecified atom stereocenters. The highest BCUT2D eigenvalue weighted by molar-refractivity contribution is 6.11. The highest BCUT2D eigenvalue weighted by Crippen LogP contribution is 2.30. The average molecular weight is 365 g/mol. The van der Waals surface area contributed by atoms with Crippen LogP contribution < -0.4 is 10.6 Å². The standard InChI is InChI=1S/C20H13F2N3O2/c21-13-7-8-18(16(22)9-13)24-11-12(10-23)20(27)25-17-5-1-4-15-14(17)3-2-6-19(15)26/h1-9,11,24,26H,(H,25,27)/b12-11-. The van der Waals surface area contributed by atoms with Crippen molar-refractivity contribution in [2.45, 2.75) is 0 Å². The third-order valence-corrected chi connectivity index (χ3v) is 3.82. The Kier molecular flexibility index (Phi) is 4.99. The maximum atomic E-state index is 13.6. The summed E-state index contributed by atoms with van der Waals surface area (Å²) in [6.45, 7) is 0. The summed E-state index contributed by atoms with van der Waals surface area (Å²) in [6.07, 6.45) is 1.04. The molecule has 0 bridgehead atoms. The number of carbonyl (C=O) groups is 1. The molecule has 5 nitrogen and oxygen atoms in total. The Bertz CT molecular complexity index is 1100. The van der Waals surface area contributed by atoms with Crippen LogP contribution in [0.5, 0.6) is 5.75 Å². The number of nitrogens with zero attached hydrogens (tertiary/aromatic N) is 1. The summed E-state index contributed by atoms with van der Waals surface area (Å²) in [5, 5.41) is 25.3. The van der Waals surface area contributed by atoms with Gasteiger partial charge in [0.05, 0.1) is 5.69 Å². The van der Waals surface area contributed by atoms with Crippen LogP contribution in [0.15, 0.2) is 66.4 Å². The van der Waals surface area contributed by atoms with Crippen LogP contribution in [0.3, 0.4) is 0 Å². The Morgan fingerprint density at radius 1 is 1.04 bits per heavy atom. The fourth-order valence-electron chi connectivity index (χ4n) is 2.50. The summed E-state index contributed by atoms with van der Waals surface area (Å²) in [5.74, 6) is -2.25. The van der Waals surface area contributed by atoms with Gasteiger partial charge in [-0.1, -0.05) is 24.3 Å². The molecule has 0 atom stereocenters. The number of fused-ring (bicyclic) bond motifs is 1. The molecule has 0 aromatic heterocycles. The molecule has 134 valence electrons. The molecule has 3 N–H and O–H groups in total. The molecule has 0 aliphatic heterocycles. The first-order valence-electron chi connectivity index (χ1n) is 7.83. The first-order valence-corrected chi connectivity index (χ1v) is 7.83. The highest BCUT2D eigenvalue weighted by atomic mass is 19.1. The van der Waals surface area contributed by atoms with Crippen molar-refractivity contribution in [2.75, 3.05) is 10.6 Å². The van der Waals surface area contributed by atoms with Crippen LogP contribution in [-0.4, -0.2) is 11.0 Å². The zero-order valence-electron chi connectivity index (χ0n) is 13.8. The third kappa shape index (κ3) is 3.85. The number of phenolic OH excluding ortho intramolecular Hbond substituents is 1. The summed E-state index contributed by atoms with van der Waals surface area (Å²) in [7, 11) is 0. The van der Waals surface area contributed by atoms with E-state index in [4.69, 9.17) is 0 Å². The van der Waals surface area contributed by atoms with E-state index < -0.39 is 17.5 Å². The minimum absolute atomic E-state index is 0.0631. The maximum absolute atomic E-state index is 13.6. The number of aromatic hydroxyl groups is 1. The van der Waals surface area contributed by atoms with E-state index in [-0.39, 0.29) is 17.0 Å². The van der Waals surface area contributed by atoms with Gasteiger partial charge >= 0.3 is 0 Å². The van der Waals surface area contributed by atoms with Crippen molar-refractivity contribution >= 4 is 28.1 Å². The first kappa shape index (κ1) is 17.9.